The number of aliphatic imine (C=N–C) groups is 1. The molecule has 0 unspecified atom stereocenters. The van der Waals surface area contributed by atoms with Gasteiger partial charge in [-0.25, -0.2) is 4.39 Å². The van der Waals surface area contributed by atoms with Gasteiger partial charge in [0.15, 0.2) is 11.7 Å². The van der Waals surface area contributed by atoms with Crippen LogP contribution in [0.2, 0.25) is 0 Å². The van der Waals surface area contributed by atoms with Crippen molar-refractivity contribution in [1.29, 1.82) is 0 Å². The van der Waals surface area contributed by atoms with Crippen LogP contribution in [-0.2, 0) is 5.41 Å². The molecule has 1 aromatic heterocycles. The van der Waals surface area contributed by atoms with E-state index >= 15 is 0 Å². The van der Waals surface area contributed by atoms with Crippen LogP contribution in [0.5, 0.6) is 0 Å². The number of furan rings is 1. The van der Waals surface area contributed by atoms with Crippen molar-refractivity contribution in [2.75, 3.05) is 26.2 Å². The standard InChI is InChI=1S/C20H27FN4O2/c1-4-22-19(24-11-10-23-18(26)17-9-6-12-27-17)25-14-20(2,3)15-7-5-8-16(21)13-15/h5-9,12-13H,4,10-11,14H2,1-3H3,(H,23,26)(H2,22,24,25). The van der Waals surface area contributed by atoms with Crippen LogP contribution in [0, 0.1) is 5.82 Å². The van der Waals surface area contributed by atoms with E-state index in [1.165, 1.54) is 12.3 Å². The molecule has 0 saturated carbocycles. The third-order valence-corrected chi connectivity index (χ3v) is 4.03. The summed E-state index contributed by atoms with van der Waals surface area (Å²) in [4.78, 5) is 16.4. The Morgan fingerprint density at radius 2 is 1.93 bits per heavy atom. The monoisotopic (exact) mass is 374 g/mol. The van der Waals surface area contributed by atoms with Gasteiger partial charge < -0.3 is 20.4 Å². The number of hydrogen-bond donors (Lipinski definition) is 3. The van der Waals surface area contributed by atoms with Gasteiger partial charge in [0.05, 0.1) is 12.8 Å². The molecule has 6 nitrogen and oxygen atoms in total. The van der Waals surface area contributed by atoms with Gasteiger partial charge in [0.25, 0.3) is 5.91 Å². The molecule has 0 aliphatic heterocycles. The number of nitrogens with one attached hydrogen (secondary N) is 3. The highest BCUT2D eigenvalue weighted by Gasteiger charge is 2.21. The van der Waals surface area contributed by atoms with Crippen LogP contribution < -0.4 is 16.0 Å². The minimum absolute atomic E-state index is 0.248. The van der Waals surface area contributed by atoms with Crippen molar-refractivity contribution in [2.45, 2.75) is 26.2 Å². The molecule has 1 aromatic carbocycles. The van der Waals surface area contributed by atoms with Gasteiger partial charge in [-0.2, -0.15) is 0 Å². The van der Waals surface area contributed by atoms with E-state index in [4.69, 9.17) is 4.42 Å². The third kappa shape index (κ3) is 6.44. The topological polar surface area (TPSA) is 78.7 Å². The molecule has 0 saturated heterocycles. The molecule has 0 spiro atoms. The van der Waals surface area contributed by atoms with Gasteiger partial charge in [-0.3, -0.25) is 9.79 Å². The molecule has 0 aliphatic rings. The van der Waals surface area contributed by atoms with Crippen molar-refractivity contribution in [1.82, 2.24) is 16.0 Å². The van der Waals surface area contributed by atoms with E-state index in [2.05, 4.69) is 20.9 Å². The normalized spacial score (nSPS) is 11.9. The molecule has 0 radical (unpaired) electrons. The summed E-state index contributed by atoms with van der Waals surface area (Å²) in [5.41, 5.74) is 0.589. The summed E-state index contributed by atoms with van der Waals surface area (Å²) in [7, 11) is 0. The fourth-order valence-electron chi connectivity index (χ4n) is 2.47. The van der Waals surface area contributed by atoms with Crippen LogP contribution in [0.1, 0.15) is 36.9 Å². The summed E-state index contributed by atoms with van der Waals surface area (Å²) in [5.74, 6) is 0.430. The van der Waals surface area contributed by atoms with Gasteiger partial charge >= 0.3 is 0 Å². The van der Waals surface area contributed by atoms with Crippen molar-refractivity contribution in [3.05, 3.63) is 59.8 Å². The number of amides is 1. The Morgan fingerprint density at radius 1 is 1.15 bits per heavy atom. The van der Waals surface area contributed by atoms with Crippen LogP contribution in [0.4, 0.5) is 4.39 Å². The van der Waals surface area contributed by atoms with Gasteiger partial charge in [0, 0.05) is 25.0 Å². The second-order valence-corrected chi connectivity index (χ2v) is 6.75. The number of nitrogens with zero attached hydrogens (tertiary/aromatic N) is 1. The summed E-state index contributed by atoms with van der Waals surface area (Å²) < 4.78 is 18.5. The summed E-state index contributed by atoms with van der Waals surface area (Å²) >= 11 is 0. The van der Waals surface area contributed by atoms with Crippen molar-refractivity contribution in [2.24, 2.45) is 4.99 Å². The zero-order valence-electron chi connectivity index (χ0n) is 16.0. The maximum atomic E-state index is 13.5. The van der Waals surface area contributed by atoms with Gasteiger partial charge in [-0.15, -0.1) is 0 Å². The molecule has 146 valence electrons. The number of guanidine groups is 1. The SMILES string of the molecule is CCNC(=NCC(C)(C)c1cccc(F)c1)NCCNC(=O)c1ccco1. The number of carbonyl (C=O) groups is 1. The molecule has 1 heterocycles. The molecule has 1 amide bonds. The number of halogens is 1. The van der Waals surface area contributed by atoms with Crippen LogP contribution in [0.15, 0.2) is 52.1 Å². The summed E-state index contributed by atoms with van der Waals surface area (Å²) in [5, 5.41) is 9.11. The van der Waals surface area contributed by atoms with E-state index in [1.807, 2.05) is 26.8 Å². The molecule has 27 heavy (non-hydrogen) atoms. The van der Waals surface area contributed by atoms with Crippen molar-refractivity contribution >= 4 is 11.9 Å². The van der Waals surface area contributed by atoms with E-state index in [0.717, 1.165) is 5.56 Å². The first kappa shape index (κ1) is 20.5. The Morgan fingerprint density at radius 3 is 2.59 bits per heavy atom. The van der Waals surface area contributed by atoms with E-state index in [9.17, 15) is 9.18 Å². The Balaban J connectivity index is 1.86. The van der Waals surface area contributed by atoms with Crippen molar-refractivity contribution in [3.63, 3.8) is 0 Å². The van der Waals surface area contributed by atoms with Crippen LogP contribution in [0.3, 0.4) is 0 Å². The second-order valence-electron chi connectivity index (χ2n) is 6.75. The fourth-order valence-corrected chi connectivity index (χ4v) is 2.47. The van der Waals surface area contributed by atoms with Crippen molar-refractivity contribution in [3.8, 4) is 0 Å². The van der Waals surface area contributed by atoms with E-state index in [-0.39, 0.29) is 22.9 Å². The lowest BCUT2D eigenvalue weighted by Gasteiger charge is -2.24. The zero-order chi connectivity index (χ0) is 19.7. The fraction of sp³-hybridized carbons (Fsp3) is 0.400. The lowest BCUT2D eigenvalue weighted by molar-refractivity contribution is 0.0926. The van der Waals surface area contributed by atoms with Crippen LogP contribution >= 0.6 is 0 Å². The molecular weight excluding hydrogens is 347 g/mol. The van der Waals surface area contributed by atoms with E-state index < -0.39 is 0 Å². The highest BCUT2D eigenvalue weighted by Crippen LogP contribution is 2.24. The minimum Gasteiger partial charge on any atom is -0.459 e. The molecule has 0 aliphatic carbocycles. The summed E-state index contributed by atoms with van der Waals surface area (Å²) in [6.45, 7) is 8.18. The summed E-state index contributed by atoms with van der Waals surface area (Å²) in [6, 6.07) is 9.88. The minimum atomic E-state index is -0.308. The predicted molar refractivity (Wildman–Crippen MR) is 104 cm³/mol. The Kier molecular flexibility index (Phi) is 7.40. The number of rotatable bonds is 8. The molecule has 7 heteroatoms. The number of carbonyl (C=O) groups excluding carboxylic acids is 1. The first-order chi connectivity index (χ1) is 12.9. The van der Waals surface area contributed by atoms with Crippen LogP contribution in [0.25, 0.3) is 0 Å². The lowest BCUT2D eigenvalue weighted by atomic mass is 9.85. The molecular formula is C20H27FN4O2. The summed E-state index contributed by atoms with van der Waals surface area (Å²) in [6.07, 6.45) is 1.46. The average molecular weight is 374 g/mol. The molecule has 0 atom stereocenters. The van der Waals surface area contributed by atoms with E-state index in [0.29, 0.717) is 32.1 Å². The predicted octanol–water partition coefficient (Wildman–Crippen LogP) is 2.68. The Bertz CT molecular complexity index is 757. The first-order valence-electron chi connectivity index (χ1n) is 9.02. The largest absolute Gasteiger partial charge is 0.459 e. The molecule has 3 N–H and O–H groups in total. The number of hydrogen-bond acceptors (Lipinski definition) is 3. The highest BCUT2D eigenvalue weighted by atomic mass is 19.1. The zero-order valence-corrected chi connectivity index (χ0v) is 16.0. The van der Waals surface area contributed by atoms with Gasteiger partial charge in [-0.1, -0.05) is 26.0 Å². The smallest absolute Gasteiger partial charge is 0.287 e. The maximum absolute atomic E-state index is 13.5. The Hall–Kier alpha value is -2.83. The Labute approximate surface area is 159 Å². The number of benzene rings is 1. The van der Waals surface area contributed by atoms with Gasteiger partial charge in [0.2, 0.25) is 0 Å². The molecule has 2 rings (SSSR count). The average Bonchev–Trinajstić information content (AvgIpc) is 3.18. The quantitative estimate of drug-likeness (QED) is 0.377. The second kappa shape index (κ2) is 9.75. The first-order valence-corrected chi connectivity index (χ1v) is 9.02. The molecule has 0 bridgehead atoms. The molecule has 0 fully saturated rings. The van der Waals surface area contributed by atoms with Crippen molar-refractivity contribution < 1.29 is 13.6 Å². The lowest BCUT2D eigenvalue weighted by Crippen LogP contribution is -2.42. The maximum Gasteiger partial charge on any atom is 0.287 e. The van der Waals surface area contributed by atoms with Gasteiger partial charge in [-0.05, 0) is 36.8 Å². The molecule has 2 aromatic rings. The highest BCUT2D eigenvalue weighted by molar-refractivity contribution is 5.91. The van der Waals surface area contributed by atoms with Gasteiger partial charge in [0.1, 0.15) is 5.82 Å². The van der Waals surface area contributed by atoms with Crippen LogP contribution in [-0.4, -0.2) is 38.0 Å². The van der Waals surface area contributed by atoms with E-state index in [1.54, 1.807) is 24.3 Å². The third-order valence-electron chi connectivity index (χ3n) is 4.03.